The summed E-state index contributed by atoms with van der Waals surface area (Å²) in [6.07, 6.45) is 0. The van der Waals surface area contributed by atoms with Crippen molar-refractivity contribution in [2.24, 2.45) is 0 Å². The summed E-state index contributed by atoms with van der Waals surface area (Å²) in [7, 11) is 1.98. The maximum Gasteiger partial charge on any atom is 0.227 e. The predicted octanol–water partition coefficient (Wildman–Crippen LogP) is 2.33. The van der Waals surface area contributed by atoms with Crippen LogP contribution >= 0.6 is 27.5 Å². The number of benzene rings is 1. The molecule has 0 N–H and O–H groups in total. The summed E-state index contributed by atoms with van der Waals surface area (Å²) in [6.45, 7) is 0.802. The first-order chi connectivity index (χ1) is 7.25. The van der Waals surface area contributed by atoms with Gasteiger partial charge in [0.15, 0.2) is 0 Å². The summed E-state index contributed by atoms with van der Waals surface area (Å²) in [4.78, 5) is 2.02. The van der Waals surface area contributed by atoms with E-state index in [9.17, 15) is 0 Å². The molecule has 2 rings (SSSR count). The van der Waals surface area contributed by atoms with Gasteiger partial charge in [-0.2, -0.15) is 0 Å². The smallest absolute Gasteiger partial charge is 0.227 e. The minimum absolute atomic E-state index is 0.802. The topological polar surface area (TPSA) is 41.9 Å². The molecule has 0 fully saturated rings. The van der Waals surface area contributed by atoms with Crippen molar-refractivity contribution in [2.45, 2.75) is 6.54 Å². The summed E-state index contributed by atoms with van der Waals surface area (Å²) in [5, 5.41) is 8.31. The van der Waals surface area contributed by atoms with Gasteiger partial charge in [0.05, 0.1) is 0 Å². The van der Waals surface area contributed by atoms with Crippen molar-refractivity contribution < 1.29 is 0 Å². The van der Waals surface area contributed by atoms with E-state index in [1.54, 1.807) is 0 Å². The average Bonchev–Trinajstić information content (AvgIpc) is 2.70. The highest BCUT2D eigenvalue weighted by Crippen LogP contribution is 2.17. The number of halogens is 1. The van der Waals surface area contributed by atoms with Crippen LogP contribution in [-0.4, -0.2) is 21.8 Å². The minimum atomic E-state index is 0.802. The molecule has 0 spiro atoms. The second-order valence-electron chi connectivity index (χ2n) is 3.13. The van der Waals surface area contributed by atoms with Crippen LogP contribution in [0.25, 0.3) is 0 Å². The van der Waals surface area contributed by atoms with Gasteiger partial charge in [-0.05, 0) is 22.9 Å². The largest absolute Gasteiger partial charge is 0.344 e. The normalized spacial score (nSPS) is 10.3. The Bertz CT molecular complexity index is 431. The van der Waals surface area contributed by atoms with Crippen LogP contribution in [0.4, 0.5) is 5.13 Å². The van der Waals surface area contributed by atoms with E-state index in [1.165, 1.54) is 17.1 Å². The molecule has 78 valence electrons. The average molecular weight is 285 g/mol. The molecular formula is C9H9BrN4S. The van der Waals surface area contributed by atoms with E-state index in [0.717, 1.165) is 16.1 Å². The molecule has 0 aliphatic heterocycles. The van der Waals surface area contributed by atoms with Crippen LogP contribution < -0.4 is 4.90 Å². The quantitative estimate of drug-likeness (QED) is 0.868. The zero-order valence-corrected chi connectivity index (χ0v) is 10.5. The third-order valence-electron chi connectivity index (χ3n) is 1.92. The Labute approximate surface area is 100 Å². The van der Waals surface area contributed by atoms with E-state index in [1.807, 2.05) is 24.1 Å². The minimum Gasteiger partial charge on any atom is -0.344 e. The fraction of sp³-hybridized carbons (Fsp3) is 0.222. The van der Waals surface area contributed by atoms with Gasteiger partial charge in [-0.3, -0.25) is 0 Å². The lowest BCUT2D eigenvalue weighted by Gasteiger charge is -2.14. The SMILES string of the molecule is CN(Cc1cccc(Br)c1)c1nnns1. The van der Waals surface area contributed by atoms with Crippen molar-refractivity contribution in [1.29, 1.82) is 0 Å². The summed E-state index contributed by atoms with van der Waals surface area (Å²) in [5.41, 5.74) is 1.22. The van der Waals surface area contributed by atoms with Gasteiger partial charge in [0.25, 0.3) is 0 Å². The number of anilines is 1. The summed E-state index contributed by atoms with van der Waals surface area (Å²) in [5.74, 6) is 0. The molecule has 2 aromatic rings. The second-order valence-corrected chi connectivity index (χ2v) is 4.76. The molecule has 0 aliphatic rings. The Balaban J connectivity index is 2.09. The maximum absolute atomic E-state index is 3.91. The lowest BCUT2D eigenvalue weighted by Crippen LogP contribution is -2.16. The van der Waals surface area contributed by atoms with Crippen LogP contribution in [0.2, 0.25) is 0 Å². The van der Waals surface area contributed by atoms with Gasteiger partial charge in [0.1, 0.15) is 0 Å². The highest BCUT2D eigenvalue weighted by atomic mass is 79.9. The number of rotatable bonds is 3. The summed E-state index contributed by atoms with van der Waals surface area (Å²) >= 11 is 4.74. The van der Waals surface area contributed by atoms with Crippen LogP contribution in [0.15, 0.2) is 28.7 Å². The lowest BCUT2D eigenvalue weighted by molar-refractivity contribution is 0.873. The van der Waals surface area contributed by atoms with Gasteiger partial charge in [0, 0.05) is 29.6 Å². The number of aromatic nitrogens is 3. The third kappa shape index (κ3) is 2.73. The van der Waals surface area contributed by atoms with Crippen LogP contribution in [0.1, 0.15) is 5.56 Å². The van der Waals surface area contributed by atoms with E-state index < -0.39 is 0 Å². The molecule has 0 amide bonds. The molecule has 1 heterocycles. The molecule has 15 heavy (non-hydrogen) atoms. The Morgan fingerprint density at radius 3 is 3.00 bits per heavy atom. The summed E-state index contributed by atoms with van der Waals surface area (Å²) in [6, 6.07) is 8.20. The molecule has 4 nitrogen and oxygen atoms in total. The molecule has 6 heteroatoms. The second kappa shape index (κ2) is 4.67. The molecule has 1 aromatic heterocycles. The molecule has 0 bridgehead atoms. The zero-order valence-electron chi connectivity index (χ0n) is 8.09. The molecule has 0 atom stereocenters. The Kier molecular flexibility index (Phi) is 3.27. The van der Waals surface area contributed by atoms with E-state index in [2.05, 4.69) is 42.9 Å². The molecule has 0 radical (unpaired) electrons. The third-order valence-corrected chi connectivity index (χ3v) is 3.13. The van der Waals surface area contributed by atoms with Gasteiger partial charge >= 0.3 is 0 Å². The van der Waals surface area contributed by atoms with Crippen molar-refractivity contribution in [1.82, 2.24) is 14.8 Å². The van der Waals surface area contributed by atoms with Crippen LogP contribution in [-0.2, 0) is 6.54 Å². The van der Waals surface area contributed by atoms with Gasteiger partial charge < -0.3 is 4.90 Å². The fourth-order valence-electron chi connectivity index (χ4n) is 1.25. The monoisotopic (exact) mass is 284 g/mol. The number of nitrogens with zero attached hydrogens (tertiary/aromatic N) is 4. The maximum atomic E-state index is 3.91. The standard InChI is InChI=1S/C9H9BrN4S/c1-14(9-11-12-13-15-9)6-7-3-2-4-8(10)5-7/h2-5H,6H2,1H3. The van der Waals surface area contributed by atoms with Crippen molar-refractivity contribution in [3.8, 4) is 0 Å². The molecule has 0 saturated heterocycles. The van der Waals surface area contributed by atoms with E-state index in [4.69, 9.17) is 0 Å². The first-order valence-electron chi connectivity index (χ1n) is 4.36. The van der Waals surface area contributed by atoms with Crippen molar-refractivity contribution >= 4 is 32.6 Å². The predicted molar refractivity (Wildman–Crippen MR) is 64.0 cm³/mol. The molecule has 1 aromatic carbocycles. The highest BCUT2D eigenvalue weighted by Gasteiger charge is 2.05. The number of hydrogen-bond acceptors (Lipinski definition) is 5. The zero-order chi connectivity index (χ0) is 10.7. The van der Waals surface area contributed by atoms with E-state index in [0.29, 0.717) is 0 Å². The fourth-order valence-corrected chi connectivity index (χ4v) is 2.12. The van der Waals surface area contributed by atoms with E-state index in [-0.39, 0.29) is 0 Å². The Morgan fingerprint density at radius 1 is 1.47 bits per heavy atom. The van der Waals surface area contributed by atoms with Crippen molar-refractivity contribution in [2.75, 3.05) is 11.9 Å². The van der Waals surface area contributed by atoms with Crippen LogP contribution in [0, 0.1) is 0 Å². The molecule has 0 unspecified atom stereocenters. The van der Waals surface area contributed by atoms with Gasteiger partial charge in [-0.15, -0.1) is 0 Å². The first-order valence-corrected chi connectivity index (χ1v) is 5.93. The van der Waals surface area contributed by atoms with Gasteiger partial charge in [0.2, 0.25) is 5.13 Å². The summed E-state index contributed by atoms with van der Waals surface area (Å²) < 4.78 is 4.82. The van der Waals surface area contributed by atoms with Gasteiger partial charge in [-0.25, -0.2) is 0 Å². The van der Waals surface area contributed by atoms with Crippen LogP contribution in [0.3, 0.4) is 0 Å². The Hall–Kier alpha value is -1.01. The van der Waals surface area contributed by atoms with Crippen LogP contribution in [0.5, 0.6) is 0 Å². The highest BCUT2D eigenvalue weighted by molar-refractivity contribution is 9.10. The first kappa shape index (κ1) is 10.5. The Morgan fingerprint density at radius 2 is 2.33 bits per heavy atom. The molecular weight excluding hydrogens is 276 g/mol. The molecule has 0 aliphatic carbocycles. The van der Waals surface area contributed by atoms with Gasteiger partial charge in [-0.1, -0.05) is 37.6 Å². The van der Waals surface area contributed by atoms with E-state index >= 15 is 0 Å². The lowest BCUT2D eigenvalue weighted by atomic mass is 10.2. The van der Waals surface area contributed by atoms with Crippen molar-refractivity contribution in [3.63, 3.8) is 0 Å². The molecule has 0 saturated carbocycles. The van der Waals surface area contributed by atoms with Crippen molar-refractivity contribution in [3.05, 3.63) is 34.3 Å². The number of hydrogen-bond donors (Lipinski definition) is 0.